The van der Waals surface area contributed by atoms with E-state index in [1.807, 2.05) is 12.1 Å². The van der Waals surface area contributed by atoms with Crippen molar-refractivity contribution in [2.45, 2.75) is 0 Å². The lowest BCUT2D eigenvalue weighted by molar-refractivity contribution is 0.313. The van der Waals surface area contributed by atoms with Gasteiger partial charge < -0.3 is 19.8 Å². The van der Waals surface area contributed by atoms with Gasteiger partial charge in [0.15, 0.2) is 0 Å². The van der Waals surface area contributed by atoms with Gasteiger partial charge in [-0.1, -0.05) is 15.9 Å². The van der Waals surface area contributed by atoms with Gasteiger partial charge >= 0.3 is 7.12 Å². The number of likely N-dealkylation sites (N-methyl/N-ethyl adjacent to an activating group) is 1. The van der Waals surface area contributed by atoms with Gasteiger partial charge in [0, 0.05) is 36.3 Å². The van der Waals surface area contributed by atoms with Crippen LogP contribution in [0.25, 0.3) is 0 Å². The summed E-state index contributed by atoms with van der Waals surface area (Å²) in [6.07, 6.45) is 0. The number of anilines is 1. The normalized spacial score (nSPS) is 17.3. The van der Waals surface area contributed by atoms with Gasteiger partial charge in [0.05, 0.1) is 0 Å². The fourth-order valence-corrected chi connectivity index (χ4v) is 2.49. The number of rotatable bonds is 2. The summed E-state index contributed by atoms with van der Waals surface area (Å²) in [6, 6.07) is 5.57. The second kappa shape index (κ2) is 5.39. The number of halogens is 1. The van der Waals surface area contributed by atoms with Crippen LogP contribution in [0.2, 0.25) is 0 Å². The molecule has 2 rings (SSSR count). The van der Waals surface area contributed by atoms with Gasteiger partial charge in [-0.25, -0.2) is 0 Å². The molecule has 1 aliphatic heterocycles. The lowest BCUT2D eigenvalue weighted by Crippen LogP contribution is -2.45. The largest absolute Gasteiger partial charge is 0.488 e. The second-order valence-corrected chi connectivity index (χ2v) is 5.32. The van der Waals surface area contributed by atoms with Crippen molar-refractivity contribution in [2.24, 2.45) is 0 Å². The molecule has 17 heavy (non-hydrogen) atoms. The number of nitrogens with zero attached hydrogens (tertiary/aromatic N) is 2. The standard InChI is InChI=1S/C11H16BBrN2O2/c1-14-2-4-15(5-3-14)11-7-9(12(16)17)6-10(13)8-11/h6-8,16-17H,2-5H2,1H3. The minimum Gasteiger partial charge on any atom is -0.423 e. The lowest BCUT2D eigenvalue weighted by atomic mass is 9.80. The van der Waals surface area contributed by atoms with E-state index in [2.05, 4.69) is 32.8 Å². The number of hydrogen-bond donors (Lipinski definition) is 2. The van der Waals surface area contributed by atoms with Crippen LogP contribution >= 0.6 is 15.9 Å². The summed E-state index contributed by atoms with van der Waals surface area (Å²) < 4.78 is 0.872. The highest BCUT2D eigenvalue weighted by atomic mass is 79.9. The third kappa shape index (κ3) is 3.22. The number of benzene rings is 1. The van der Waals surface area contributed by atoms with E-state index in [1.165, 1.54) is 0 Å². The van der Waals surface area contributed by atoms with Gasteiger partial charge in [-0.15, -0.1) is 0 Å². The van der Waals surface area contributed by atoms with E-state index in [0.717, 1.165) is 36.3 Å². The summed E-state index contributed by atoms with van der Waals surface area (Å²) in [7, 11) is 0.694. The zero-order chi connectivity index (χ0) is 12.4. The number of piperazine rings is 1. The van der Waals surface area contributed by atoms with Crippen molar-refractivity contribution < 1.29 is 10.0 Å². The third-order valence-electron chi connectivity index (χ3n) is 3.07. The van der Waals surface area contributed by atoms with Gasteiger partial charge in [-0.2, -0.15) is 0 Å². The predicted molar refractivity (Wildman–Crippen MR) is 73.7 cm³/mol. The van der Waals surface area contributed by atoms with E-state index in [4.69, 9.17) is 0 Å². The molecule has 0 radical (unpaired) electrons. The Morgan fingerprint density at radius 2 is 1.76 bits per heavy atom. The summed E-state index contributed by atoms with van der Waals surface area (Å²) in [6.45, 7) is 3.99. The van der Waals surface area contributed by atoms with Gasteiger partial charge in [0.1, 0.15) is 0 Å². The highest BCUT2D eigenvalue weighted by Crippen LogP contribution is 2.20. The Morgan fingerprint density at radius 3 is 2.35 bits per heavy atom. The van der Waals surface area contributed by atoms with Crippen LogP contribution in [0.1, 0.15) is 0 Å². The molecule has 1 aliphatic rings. The summed E-state index contributed by atoms with van der Waals surface area (Å²) >= 11 is 3.40. The van der Waals surface area contributed by atoms with Crippen LogP contribution in [0.4, 0.5) is 5.69 Å². The first-order valence-electron chi connectivity index (χ1n) is 5.66. The Balaban J connectivity index is 2.20. The topological polar surface area (TPSA) is 46.9 Å². The summed E-state index contributed by atoms with van der Waals surface area (Å²) in [4.78, 5) is 4.55. The van der Waals surface area contributed by atoms with Crippen molar-refractivity contribution in [3.63, 3.8) is 0 Å². The van der Waals surface area contributed by atoms with Crippen LogP contribution in [-0.2, 0) is 0 Å². The molecule has 6 heteroatoms. The van der Waals surface area contributed by atoms with Crippen LogP contribution in [0, 0.1) is 0 Å². The molecule has 0 aliphatic carbocycles. The maximum Gasteiger partial charge on any atom is 0.488 e. The van der Waals surface area contributed by atoms with Crippen molar-refractivity contribution in [1.29, 1.82) is 0 Å². The maximum absolute atomic E-state index is 9.22. The van der Waals surface area contributed by atoms with Crippen molar-refractivity contribution in [1.82, 2.24) is 4.90 Å². The Hall–Kier alpha value is -0.555. The van der Waals surface area contributed by atoms with E-state index >= 15 is 0 Å². The highest BCUT2D eigenvalue weighted by Gasteiger charge is 2.18. The van der Waals surface area contributed by atoms with Crippen LogP contribution < -0.4 is 10.4 Å². The van der Waals surface area contributed by atoms with E-state index in [9.17, 15) is 10.0 Å². The zero-order valence-electron chi connectivity index (χ0n) is 9.80. The molecule has 92 valence electrons. The molecule has 2 N–H and O–H groups in total. The quantitative estimate of drug-likeness (QED) is 0.748. The Bertz CT molecular complexity index is 395. The minimum atomic E-state index is -1.42. The SMILES string of the molecule is CN1CCN(c2cc(Br)cc(B(O)O)c2)CC1. The first-order chi connectivity index (χ1) is 8.06. The zero-order valence-corrected chi connectivity index (χ0v) is 11.4. The molecule has 1 aromatic rings. The first-order valence-corrected chi connectivity index (χ1v) is 6.45. The molecular formula is C11H16BBrN2O2. The molecule has 0 bridgehead atoms. The van der Waals surface area contributed by atoms with E-state index in [-0.39, 0.29) is 0 Å². The van der Waals surface area contributed by atoms with Crippen LogP contribution in [0.3, 0.4) is 0 Å². The van der Waals surface area contributed by atoms with E-state index < -0.39 is 7.12 Å². The van der Waals surface area contributed by atoms with Crippen LogP contribution in [0.15, 0.2) is 22.7 Å². The summed E-state index contributed by atoms with van der Waals surface area (Å²) in [5.74, 6) is 0. The fourth-order valence-electron chi connectivity index (χ4n) is 1.99. The first kappa shape index (κ1) is 12.9. The third-order valence-corrected chi connectivity index (χ3v) is 3.53. The Morgan fingerprint density at radius 1 is 1.12 bits per heavy atom. The predicted octanol–water partition coefficient (Wildman–Crippen LogP) is -0.119. The van der Waals surface area contributed by atoms with Crippen molar-refractivity contribution in [2.75, 3.05) is 38.1 Å². The molecule has 0 spiro atoms. The van der Waals surface area contributed by atoms with E-state index in [1.54, 1.807) is 6.07 Å². The minimum absolute atomic E-state index is 0.522. The van der Waals surface area contributed by atoms with Crippen molar-refractivity contribution in [3.05, 3.63) is 22.7 Å². The molecule has 1 fully saturated rings. The maximum atomic E-state index is 9.22. The molecule has 1 heterocycles. The summed E-state index contributed by atoms with van der Waals surface area (Å²) in [5.41, 5.74) is 1.56. The number of hydrogen-bond acceptors (Lipinski definition) is 4. The average molecular weight is 299 g/mol. The van der Waals surface area contributed by atoms with E-state index in [0.29, 0.717) is 5.46 Å². The molecular weight excluding hydrogens is 283 g/mol. The summed E-state index contributed by atoms with van der Waals surface area (Å²) in [5, 5.41) is 18.4. The molecule has 0 atom stereocenters. The van der Waals surface area contributed by atoms with Crippen molar-refractivity contribution >= 4 is 34.2 Å². The van der Waals surface area contributed by atoms with Gasteiger partial charge in [-0.05, 0) is 30.7 Å². The molecule has 1 aromatic carbocycles. The molecule has 4 nitrogen and oxygen atoms in total. The van der Waals surface area contributed by atoms with Crippen LogP contribution in [0.5, 0.6) is 0 Å². The molecule has 0 unspecified atom stereocenters. The smallest absolute Gasteiger partial charge is 0.423 e. The van der Waals surface area contributed by atoms with Crippen molar-refractivity contribution in [3.8, 4) is 0 Å². The Kier molecular flexibility index (Phi) is 4.09. The fraction of sp³-hybridized carbons (Fsp3) is 0.455. The highest BCUT2D eigenvalue weighted by molar-refractivity contribution is 9.10. The molecule has 1 saturated heterocycles. The van der Waals surface area contributed by atoms with Gasteiger partial charge in [0.25, 0.3) is 0 Å². The monoisotopic (exact) mass is 298 g/mol. The Labute approximate surface area is 110 Å². The van der Waals surface area contributed by atoms with Gasteiger partial charge in [0.2, 0.25) is 0 Å². The van der Waals surface area contributed by atoms with Crippen LogP contribution in [-0.4, -0.2) is 55.3 Å². The molecule has 0 saturated carbocycles. The second-order valence-electron chi connectivity index (χ2n) is 4.41. The average Bonchev–Trinajstić information content (AvgIpc) is 2.29. The van der Waals surface area contributed by atoms with Gasteiger partial charge in [-0.3, -0.25) is 0 Å². The lowest BCUT2D eigenvalue weighted by Gasteiger charge is -2.34. The molecule has 0 amide bonds. The molecule has 0 aromatic heterocycles.